The Morgan fingerprint density at radius 1 is 1.29 bits per heavy atom. The van der Waals surface area contributed by atoms with E-state index in [1.807, 2.05) is 17.9 Å². The van der Waals surface area contributed by atoms with E-state index in [0.717, 1.165) is 58.0 Å². The molecule has 1 rings (SSSR count). The van der Waals surface area contributed by atoms with Gasteiger partial charge in [0, 0.05) is 60.2 Å². The molecule has 140 valence electrons. The quantitative estimate of drug-likeness (QED) is 0.228. The van der Waals surface area contributed by atoms with E-state index >= 15 is 0 Å². The van der Waals surface area contributed by atoms with Gasteiger partial charge in [-0.1, -0.05) is 0 Å². The lowest BCUT2D eigenvalue weighted by atomic mass is 10.2. The van der Waals surface area contributed by atoms with Crippen LogP contribution in [-0.2, 0) is 18.2 Å². The Labute approximate surface area is 163 Å². The Balaban J connectivity index is 0.00000529. The van der Waals surface area contributed by atoms with Crippen LogP contribution in [0.5, 0.6) is 0 Å². The number of nitrogens with zero attached hydrogens (tertiary/aromatic N) is 4. The lowest BCUT2D eigenvalue weighted by Gasteiger charge is -2.18. The fourth-order valence-corrected chi connectivity index (χ4v) is 2.28. The van der Waals surface area contributed by atoms with Gasteiger partial charge in [0.15, 0.2) is 5.96 Å². The minimum absolute atomic E-state index is 0. The molecule has 1 heterocycles. The number of hydrogen-bond acceptors (Lipinski definition) is 4. The van der Waals surface area contributed by atoms with E-state index in [-0.39, 0.29) is 24.0 Å². The Morgan fingerprint density at radius 2 is 2.04 bits per heavy atom. The Bertz CT molecular complexity index is 452. The van der Waals surface area contributed by atoms with Crippen LogP contribution in [0.3, 0.4) is 0 Å². The molecule has 0 unspecified atom stereocenters. The van der Waals surface area contributed by atoms with Crippen LogP contribution in [0.2, 0.25) is 0 Å². The van der Waals surface area contributed by atoms with Gasteiger partial charge in [0.05, 0.1) is 6.20 Å². The second kappa shape index (κ2) is 14.5. The first-order chi connectivity index (χ1) is 11.2. The second-order valence-corrected chi connectivity index (χ2v) is 5.70. The molecule has 0 aromatic carbocycles. The average Bonchev–Trinajstić information content (AvgIpc) is 2.95. The summed E-state index contributed by atoms with van der Waals surface area (Å²) < 4.78 is 6.90. The molecule has 24 heavy (non-hydrogen) atoms. The van der Waals surface area contributed by atoms with Gasteiger partial charge in [0.1, 0.15) is 0 Å². The monoisotopic (exact) mass is 452 g/mol. The number of rotatable bonds is 11. The molecule has 8 heteroatoms. The van der Waals surface area contributed by atoms with Crippen molar-refractivity contribution in [3.05, 3.63) is 18.0 Å². The highest BCUT2D eigenvalue weighted by Gasteiger charge is 2.01. The highest BCUT2D eigenvalue weighted by molar-refractivity contribution is 14.0. The number of aryl methyl sites for hydroxylation is 2. The van der Waals surface area contributed by atoms with E-state index in [1.165, 1.54) is 5.56 Å². The van der Waals surface area contributed by atoms with Crippen LogP contribution in [0.1, 0.15) is 18.4 Å². The number of ether oxygens (including phenoxy) is 1. The summed E-state index contributed by atoms with van der Waals surface area (Å²) in [6, 6.07) is 0. The lowest BCUT2D eigenvalue weighted by Crippen LogP contribution is -2.41. The Morgan fingerprint density at radius 3 is 2.67 bits per heavy atom. The Kier molecular flexibility index (Phi) is 13.9. The van der Waals surface area contributed by atoms with Gasteiger partial charge in [0.25, 0.3) is 0 Å². The normalized spacial score (nSPS) is 11.5. The molecule has 0 bridgehead atoms. The van der Waals surface area contributed by atoms with E-state index in [0.29, 0.717) is 0 Å². The van der Waals surface area contributed by atoms with E-state index in [9.17, 15) is 0 Å². The van der Waals surface area contributed by atoms with Crippen LogP contribution < -0.4 is 10.6 Å². The SMILES string of the molecule is CN=C(NCCCc1cnn(C)c1)NCCN(C)CCCOC.I. The second-order valence-electron chi connectivity index (χ2n) is 5.70. The van der Waals surface area contributed by atoms with Crippen LogP contribution in [0.15, 0.2) is 17.4 Å². The number of aliphatic imine (C=N–C) groups is 1. The number of nitrogens with one attached hydrogen (secondary N) is 2. The van der Waals surface area contributed by atoms with E-state index in [1.54, 1.807) is 14.2 Å². The molecule has 0 aliphatic rings. The summed E-state index contributed by atoms with van der Waals surface area (Å²) in [6.45, 7) is 4.63. The molecule has 0 spiro atoms. The predicted octanol–water partition coefficient (Wildman–Crippen LogP) is 1.10. The van der Waals surface area contributed by atoms with Gasteiger partial charge in [-0.15, -0.1) is 24.0 Å². The van der Waals surface area contributed by atoms with Crippen molar-refractivity contribution in [3.8, 4) is 0 Å². The van der Waals surface area contributed by atoms with Crippen molar-refractivity contribution in [2.24, 2.45) is 12.0 Å². The van der Waals surface area contributed by atoms with Crippen molar-refractivity contribution in [2.75, 3.05) is 54.0 Å². The fraction of sp³-hybridized carbons (Fsp3) is 0.750. The first-order valence-electron chi connectivity index (χ1n) is 8.25. The van der Waals surface area contributed by atoms with Gasteiger partial charge in [-0.05, 0) is 31.9 Å². The number of hydrogen-bond donors (Lipinski definition) is 2. The predicted molar refractivity (Wildman–Crippen MR) is 110 cm³/mol. The average molecular weight is 452 g/mol. The van der Waals surface area contributed by atoms with Crippen molar-refractivity contribution in [1.29, 1.82) is 0 Å². The summed E-state index contributed by atoms with van der Waals surface area (Å²) in [5.74, 6) is 0.862. The van der Waals surface area contributed by atoms with Gasteiger partial charge >= 0.3 is 0 Å². The molecule has 0 aliphatic carbocycles. The molecule has 0 aliphatic heterocycles. The van der Waals surface area contributed by atoms with Crippen LogP contribution in [0.25, 0.3) is 0 Å². The largest absolute Gasteiger partial charge is 0.385 e. The third-order valence-electron chi connectivity index (χ3n) is 3.59. The maximum absolute atomic E-state index is 5.06. The van der Waals surface area contributed by atoms with E-state index in [4.69, 9.17) is 4.74 Å². The third kappa shape index (κ3) is 10.8. The van der Waals surface area contributed by atoms with Crippen molar-refractivity contribution in [1.82, 2.24) is 25.3 Å². The van der Waals surface area contributed by atoms with E-state index in [2.05, 4.69) is 38.9 Å². The van der Waals surface area contributed by atoms with Crippen molar-refractivity contribution in [2.45, 2.75) is 19.3 Å². The first-order valence-corrected chi connectivity index (χ1v) is 8.25. The van der Waals surface area contributed by atoms with Gasteiger partial charge in [-0.2, -0.15) is 5.10 Å². The van der Waals surface area contributed by atoms with Gasteiger partial charge in [-0.3, -0.25) is 9.67 Å². The van der Waals surface area contributed by atoms with Gasteiger partial charge in [-0.25, -0.2) is 0 Å². The molecule has 0 saturated heterocycles. The molecule has 2 N–H and O–H groups in total. The van der Waals surface area contributed by atoms with Gasteiger partial charge in [0.2, 0.25) is 0 Å². The van der Waals surface area contributed by atoms with Crippen LogP contribution >= 0.6 is 24.0 Å². The van der Waals surface area contributed by atoms with Crippen molar-refractivity contribution in [3.63, 3.8) is 0 Å². The van der Waals surface area contributed by atoms with Crippen molar-refractivity contribution < 1.29 is 4.74 Å². The first kappa shape index (κ1) is 23.1. The highest BCUT2D eigenvalue weighted by atomic mass is 127. The summed E-state index contributed by atoms with van der Waals surface area (Å²) in [7, 11) is 7.62. The maximum atomic E-state index is 5.06. The van der Waals surface area contributed by atoms with Gasteiger partial charge < -0.3 is 20.3 Å². The summed E-state index contributed by atoms with van der Waals surface area (Å²) in [6.07, 6.45) is 7.14. The number of guanidine groups is 1. The molecule has 0 atom stereocenters. The number of aromatic nitrogens is 2. The Hall–Kier alpha value is -0.870. The zero-order chi connectivity index (χ0) is 16.9. The molecule has 0 fully saturated rings. The molecule has 0 amide bonds. The summed E-state index contributed by atoms with van der Waals surface area (Å²) in [4.78, 5) is 6.54. The van der Waals surface area contributed by atoms with Crippen molar-refractivity contribution >= 4 is 29.9 Å². The molecular formula is C16H33IN6O. The zero-order valence-electron chi connectivity index (χ0n) is 15.4. The smallest absolute Gasteiger partial charge is 0.191 e. The van der Waals surface area contributed by atoms with E-state index < -0.39 is 0 Å². The lowest BCUT2D eigenvalue weighted by molar-refractivity contribution is 0.180. The number of methoxy groups -OCH3 is 1. The topological polar surface area (TPSA) is 66.7 Å². The highest BCUT2D eigenvalue weighted by Crippen LogP contribution is 1.99. The minimum atomic E-state index is 0. The van der Waals surface area contributed by atoms with Crippen LogP contribution in [0.4, 0.5) is 0 Å². The molecule has 0 saturated carbocycles. The number of likely N-dealkylation sites (N-methyl/N-ethyl adjacent to an activating group) is 1. The molecule has 0 radical (unpaired) electrons. The third-order valence-corrected chi connectivity index (χ3v) is 3.59. The summed E-state index contributed by atoms with van der Waals surface area (Å²) in [5, 5.41) is 10.9. The summed E-state index contributed by atoms with van der Waals surface area (Å²) in [5.41, 5.74) is 1.27. The molecule has 7 nitrogen and oxygen atoms in total. The summed E-state index contributed by atoms with van der Waals surface area (Å²) >= 11 is 0. The zero-order valence-corrected chi connectivity index (χ0v) is 17.7. The molecular weight excluding hydrogens is 419 g/mol. The number of halogens is 1. The maximum Gasteiger partial charge on any atom is 0.191 e. The molecule has 1 aromatic rings. The van der Waals surface area contributed by atoms with Crippen LogP contribution in [0, 0.1) is 0 Å². The van der Waals surface area contributed by atoms with Crippen LogP contribution in [-0.4, -0.2) is 74.6 Å². The minimum Gasteiger partial charge on any atom is -0.385 e. The standard InChI is InChI=1S/C16H32N6O.HI/c1-17-16(19-9-11-21(2)10-6-12-23-4)18-8-5-7-15-13-20-22(3)14-15;/h13-14H,5-12H2,1-4H3,(H2,17,18,19);1H. The molecule has 1 aromatic heterocycles. The fourth-order valence-electron chi connectivity index (χ4n) is 2.28.